The topological polar surface area (TPSA) is 96.2 Å². The Labute approximate surface area is 203 Å². The highest BCUT2D eigenvalue weighted by Gasteiger charge is 2.35. The van der Waals surface area contributed by atoms with Crippen LogP contribution < -0.4 is 9.63 Å². The normalized spacial score (nSPS) is 14.7. The molecule has 4 aromatic rings. The number of fused-ring (bicyclic) bond motifs is 1. The number of aryl methyl sites for hydroxylation is 1. The molecule has 1 atom stereocenters. The lowest BCUT2D eigenvalue weighted by Gasteiger charge is -2.13. The van der Waals surface area contributed by atoms with Crippen molar-refractivity contribution in [2.75, 3.05) is 11.9 Å². The number of amides is 1. The van der Waals surface area contributed by atoms with Crippen molar-refractivity contribution in [3.05, 3.63) is 93.8 Å². The van der Waals surface area contributed by atoms with Gasteiger partial charge in [-0.2, -0.15) is 4.73 Å². The molecule has 0 saturated heterocycles. The highest BCUT2D eigenvalue weighted by molar-refractivity contribution is 6.31. The molecule has 1 aliphatic rings. The van der Waals surface area contributed by atoms with Crippen LogP contribution in [0.15, 0.2) is 54.9 Å². The summed E-state index contributed by atoms with van der Waals surface area (Å²) in [5.41, 5.74) is 3.03. The van der Waals surface area contributed by atoms with Crippen LogP contribution in [0.3, 0.4) is 0 Å². The molecule has 2 aromatic carbocycles. The fourth-order valence-corrected chi connectivity index (χ4v) is 4.64. The molecule has 1 aliphatic carbocycles. The molecule has 0 aliphatic heterocycles. The molecule has 0 radical (unpaired) electrons. The van der Waals surface area contributed by atoms with E-state index in [0.29, 0.717) is 40.3 Å². The summed E-state index contributed by atoms with van der Waals surface area (Å²) in [5, 5.41) is 21.9. The molecule has 5 rings (SSSR count). The zero-order valence-corrected chi connectivity index (χ0v) is 19.2. The number of carboxylic acid groups (broad SMARTS) is 1. The van der Waals surface area contributed by atoms with Gasteiger partial charge >= 0.3 is 6.09 Å². The van der Waals surface area contributed by atoms with Gasteiger partial charge in [0.1, 0.15) is 17.6 Å². The van der Waals surface area contributed by atoms with E-state index in [2.05, 4.69) is 9.97 Å². The molecule has 0 fully saturated rings. The SMILES string of the molecule is CN(C(=O)O)c1ccc(-c2cnc(C3CCc4cc(-c5c(F)ccc(Cl)c5F)c[n+]([O-])c43)[nH]2)cc1. The van der Waals surface area contributed by atoms with Crippen LogP contribution in [0, 0.1) is 16.8 Å². The fourth-order valence-electron chi connectivity index (χ4n) is 4.48. The number of aromatic nitrogens is 3. The van der Waals surface area contributed by atoms with Gasteiger partial charge in [-0.25, -0.2) is 18.6 Å². The summed E-state index contributed by atoms with van der Waals surface area (Å²) in [7, 11) is 1.46. The van der Waals surface area contributed by atoms with Gasteiger partial charge in [0, 0.05) is 18.3 Å². The van der Waals surface area contributed by atoms with E-state index in [1.807, 2.05) is 0 Å². The predicted octanol–water partition coefficient (Wildman–Crippen LogP) is 5.50. The van der Waals surface area contributed by atoms with E-state index in [1.165, 1.54) is 7.05 Å². The number of rotatable bonds is 4. The predicted molar refractivity (Wildman–Crippen MR) is 126 cm³/mol. The van der Waals surface area contributed by atoms with Crippen LogP contribution in [0.25, 0.3) is 22.4 Å². The molecular formula is C25H19ClF2N4O3. The van der Waals surface area contributed by atoms with Gasteiger partial charge in [-0.05, 0) is 48.7 Å². The first-order chi connectivity index (χ1) is 16.7. The van der Waals surface area contributed by atoms with Crippen molar-refractivity contribution in [3.8, 4) is 22.4 Å². The van der Waals surface area contributed by atoms with E-state index < -0.39 is 17.7 Å². The maximum absolute atomic E-state index is 14.5. The molecule has 2 N–H and O–H groups in total. The second-order valence-electron chi connectivity index (χ2n) is 8.35. The lowest BCUT2D eigenvalue weighted by molar-refractivity contribution is -0.614. The Bertz CT molecular complexity index is 1460. The number of nitrogens with one attached hydrogen (secondary N) is 1. The van der Waals surface area contributed by atoms with Crippen molar-refractivity contribution in [3.63, 3.8) is 0 Å². The highest BCUT2D eigenvalue weighted by atomic mass is 35.5. The monoisotopic (exact) mass is 496 g/mol. The van der Waals surface area contributed by atoms with Crippen LogP contribution in [0.4, 0.5) is 19.3 Å². The summed E-state index contributed by atoms with van der Waals surface area (Å²) < 4.78 is 29.5. The minimum Gasteiger partial charge on any atom is -0.618 e. The van der Waals surface area contributed by atoms with Crippen molar-refractivity contribution in [1.29, 1.82) is 0 Å². The number of pyridine rings is 1. The molecule has 1 amide bonds. The molecular weight excluding hydrogens is 478 g/mol. The molecule has 0 saturated carbocycles. The highest BCUT2D eigenvalue weighted by Crippen LogP contribution is 2.38. The summed E-state index contributed by atoms with van der Waals surface area (Å²) in [5.74, 6) is -1.41. The quantitative estimate of drug-likeness (QED) is 0.221. The van der Waals surface area contributed by atoms with Gasteiger partial charge in [-0.1, -0.05) is 23.7 Å². The number of H-pyrrole nitrogens is 1. The Morgan fingerprint density at radius 2 is 1.97 bits per heavy atom. The zero-order valence-electron chi connectivity index (χ0n) is 18.4. The van der Waals surface area contributed by atoms with Crippen LogP contribution in [0.2, 0.25) is 5.02 Å². The van der Waals surface area contributed by atoms with E-state index in [9.17, 15) is 18.8 Å². The number of hydrogen-bond donors (Lipinski definition) is 2. The first-order valence-electron chi connectivity index (χ1n) is 10.8. The van der Waals surface area contributed by atoms with Gasteiger partial charge in [0.05, 0.1) is 28.0 Å². The molecule has 35 heavy (non-hydrogen) atoms. The average molecular weight is 497 g/mol. The second-order valence-corrected chi connectivity index (χ2v) is 8.75. The van der Waals surface area contributed by atoms with Gasteiger partial charge in [0.2, 0.25) is 5.69 Å². The van der Waals surface area contributed by atoms with E-state index in [4.69, 9.17) is 16.7 Å². The molecule has 0 spiro atoms. The number of hydrogen-bond acceptors (Lipinski definition) is 3. The molecule has 10 heteroatoms. The third-order valence-electron chi connectivity index (χ3n) is 6.30. The Balaban J connectivity index is 1.45. The van der Waals surface area contributed by atoms with E-state index >= 15 is 0 Å². The van der Waals surface area contributed by atoms with E-state index in [1.54, 1.807) is 36.5 Å². The number of carbonyl (C=O) groups is 1. The first kappa shape index (κ1) is 22.8. The van der Waals surface area contributed by atoms with Gasteiger partial charge in [-0.3, -0.25) is 4.90 Å². The van der Waals surface area contributed by atoms with Crippen LogP contribution >= 0.6 is 11.6 Å². The Morgan fingerprint density at radius 1 is 1.23 bits per heavy atom. The third kappa shape index (κ3) is 3.97. The molecule has 1 unspecified atom stereocenters. The minimum atomic E-state index is -1.06. The second kappa shape index (κ2) is 8.66. The maximum Gasteiger partial charge on any atom is 0.411 e. The minimum absolute atomic E-state index is 0.128. The van der Waals surface area contributed by atoms with Crippen LogP contribution in [0.1, 0.15) is 29.4 Å². The van der Waals surface area contributed by atoms with Crippen LogP contribution in [-0.4, -0.2) is 28.2 Å². The summed E-state index contributed by atoms with van der Waals surface area (Å²) in [6.07, 6.45) is 2.92. The summed E-state index contributed by atoms with van der Waals surface area (Å²) in [6, 6.07) is 10.8. The fraction of sp³-hybridized carbons (Fsp3) is 0.160. The number of halogens is 3. The van der Waals surface area contributed by atoms with Crippen molar-refractivity contribution < 1.29 is 23.4 Å². The molecule has 2 heterocycles. The number of imidazole rings is 1. The zero-order chi connectivity index (χ0) is 24.9. The first-order valence-corrected chi connectivity index (χ1v) is 11.1. The van der Waals surface area contributed by atoms with Crippen LogP contribution in [0.5, 0.6) is 0 Å². The third-order valence-corrected chi connectivity index (χ3v) is 6.59. The molecule has 0 bridgehead atoms. The smallest absolute Gasteiger partial charge is 0.411 e. The van der Waals surface area contributed by atoms with Crippen LogP contribution in [-0.2, 0) is 6.42 Å². The van der Waals surface area contributed by atoms with Crippen molar-refractivity contribution in [2.45, 2.75) is 18.8 Å². The Morgan fingerprint density at radius 3 is 2.69 bits per heavy atom. The number of aromatic amines is 1. The van der Waals surface area contributed by atoms with Gasteiger partial charge in [0.15, 0.2) is 12.0 Å². The van der Waals surface area contributed by atoms with Crippen molar-refractivity contribution in [1.82, 2.24) is 9.97 Å². The van der Waals surface area contributed by atoms with Gasteiger partial charge < -0.3 is 15.3 Å². The van der Waals surface area contributed by atoms with E-state index in [-0.39, 0.29) is 22.1 Å². The lowest BCUT2D eigenvalue weighted by Crippen LogP contribution is -2.33. The summed E-state index contributed by atoms with van der Waals surface area (Å²) >= 11 is 5.82. The molecule has 178 valence electrons. The van der Waals surface area contributed by atoms with E-state index in [0.717, 1.165) is 34.5 Å². The number of nitrogens with zero attached hydrogens (tertiary/aromatic N) is 3. The number of anilines is 1. The Hall–Kier alpha value is -3.98. The van der Waals surface area contributed by atoms with Gasteiger partial charge in [-0.15, -0.1) is 0 Å². The van der Waals surface area contributed by atoms with Crippen molar-refractivity contribution in [2.24, 2.45) is 0 Å². The molecule has 7 nitrogen and oxygen atoms in total. The van der Waals surface area contributed by atoms with Gasteiger partial charge in [0.25, 0.3) is 0 Å². The number of benzene rings is 2. The summed E-state index contributed by atoms with van der Waals surface area (Å²) in [6.45, 7) is 0. The average Bonchev–Trinajstić information content (AvgIpc) is 3.49. The largest absolute Gasteiger partial charge is 0.618 e. The maximum atomic E-state index is 14.5. The van der Waals surface area contributed by atoms with Crippen molar-refractivity contribution >= 4 is 23.4 Å². The summed E-state index contributed by atoms with van der Waals surface area (Å²) in [4.78, 5) is 20.0. The lowest BCUT2D eigenvalue weighted by atomic mass is 10.0. The standard InChI is InChI=1S/C25H19ClF2N4O3/c1-31(25(33)34)16-5-2-13(3-6-16)20-11-29-24(30-20)17-7-4-14-10-15(12-32(35)23(14)17)21-19(27)9-8-18(26)22(21)28/h2-3,5-6,8-12,17H,4,7H2,1H3,(H,29,30)(H,33,34). The Kier molecular flexibility index (Phi) is 5.64. The molecule has 2 aromatic heterocycles.